The highest BCUT2D eigenvalue weighted by molar-refractivity contribution is 7.89. The van der Waals surface area contributed by atoms with E-state index in [-0.39, 0.29) is 23.9 Å². The van der Waals surface area contributed by atoms with Crippen LogP contribution in [-0.2, 0) is 34.0 Å². The second kappa shape index (κ2) is 15.4. The molecule has 11 heteroatoms. The van der Waals surface area contributed by atoms with Gasteiger partial charge in [-0.05, 0) is 46.9 Å². The largest absolute Gasteiger partial charge is 0.494 e. The molecule has 0 spiro atoms. The van der Waals surface area contributed by atoms with E-state index in [9.17, 15) is 26.4 Å². The third-order valence-corrected chi connectivity index (χ3v) is 8.12. The van der Waals surface area contributed by atoms with E-state index in [1.807, 2.05) is 65.4 Å². The van der Waals surface area contributed by atoms with Crippen molar-refractivity contribution in [2.45, 2.75) is 31.5 Å². The minimum Gasteiger partial charge on any atom is -0.494 e. The van der Waals surface area contributed by atoms with Crippen LogP contribution in [0.5, 0.6) is 5.75 Å². The number of sulfonamides is 1. The van der Waals surface area contributed by atoms with Gasteiger partial charge in [-0.3, -0.25) is 14.4 Å². The Morgan fingerprint density at radius 3 is 2.13 bits per heavy atom. The van der Waals surface area contributed by atoms with Crippen LogP contribution in [0.3, 0.4) is 0 Å². The summed E-state index contributed by atoms with van der Waals surface area (Å²) in [5, 5.41) is -0.307. The summed E-state index contributed by atoms with van der Waals surface area (Å²) < 4.78 is 71.5. The summed E-state index contributed by atoms with van der Waals surface area (Å²) in [5.74, 6) is -0.184. The fourth-order valence-electron chi connectivity index (χ4n) is 5.08. The van der Waals surface area contributed by atoms with Crippen LogP contribution in [0.4, 0.5) is 13.2 Å². The van der Waals surface area contributed by atoms with Gasteiger partial charge in [-0.2, -0.15) is 13.2 Å². The maximum absolute atomic E-state index is 13.6. The summed E-state index contributed by atoms with van der Waals surface area (Å²) in [6.07, 6.45) is -3.24. The number of carbonyl (C=O) groups is 1. The van der Waals surface area contributed by atoms with Crippen molar-refractivity contribution in [3.05, 3.63) is 136 Å². The number of hydrogen-bond donors (Lipinski definition) is 1. The average Bonchev–Trinajstić information content (AvgIpc) is 2.98. The third kappa shape index (κ3) is 10.6. The Hall–Kier alpha value is -3.86. The number of amides is 1. The number of benzene rings is 4. The molecule has 0 fully saturated rings. The summed E-state index contributed by atoms with van der Waals surface area (Å²) in [5.41, 5.74) is 2.27. The number of ether oxygens (including phenoxy) is 1. The molecule has 1 N–H and O–H groups in total. The molecule has 238 valence electrons. The van der Waals surface area contributed by atoms with E-state index >= 15 is 0 Å². The molecule has 45 heavy (non-hydrogen) atoms. The molecule has 1 amide bonds. The molecule has 4 rings (SSSR count). The van der Waals surface area contributed by atoms with Crippen LogP contribution in [0.15, 0.2) is 103 Å². The predicted molar refractivity (Wildman–Crippen MR) is 170 cm³/mol. The van der Waals surface area contributed by atoms with Gasteiger partial charge in [0.2, 0.25) is 15.9 Å². The number of alkyl halides is 3. The Bertz CT molecular complexity index is 1630. The van der Waals surface area contributed by atoms with Crippen molar-refractivity contribution in [1.82, 2.24) is 9.62 Å². The van der Waals surface area contributed by atoms with E-state index < -0.39 is 27.7 Å². The van der Waals surface area contributed by atoms with Crippen LogP contribution in [0.2, 0.25) is 5.02 Å². The van der Waals surface area contributed by atoms with Crippen molar-refractivity contribution in [3.63, 3.8) is 0 Å². The van der Waals surface area contributed by atoms with Crippen LogP contribution >= 0.6 is 11.6 Å². The summed E-state index contributed by atoms with van der Waals surface area (Å²) in [4.78, 5) is 14.1. The molecule has 0 unspecified atom stereocenters. The smallest absolute Gasteiger partial charge is 0.417 e. The first-order valence-electron chi connectivity index (χ1n) is 14.3. The van der Waals surface area contributed by atoms with Crippen molar-refractivity contribution in [2.75, 3.05) is 26.0 Å². The van der Waals surface area contributed by atoms with Gasteiger partial charge in [0, 0.05) is 25.6 Å². The van der Waals surface area contributed by atoms with Gasteiger partial charge in [0.25, 0.3) is 0 Å². The van der Waals surface area contributed by atoms with Gasteiger partial charge in [-0.25, -0.2) is 8.42 Å². The highest BCUT2D eigenvalue weighted by Gasteiger charge is 2.34. The quantitative estimate of drug-likeness (QED) is 0.147. The van der Waals surface area contributed by atoms with Gasteiger partial charge < -0.3 is 4.74 Å². The standard InChI is InChI=1S/C34H34ClF3N2O4S/c1-45(42,43)39-32(41)22-25-11-8-17-29(21-25)44-20-10-19-40(23-28-16-9-18-31(33(28)35)34(36,37)38)24-30(26-12-4-2-5-13-26)27-14-6-3-7-15-27/h2-9,11-18,21,30H,10,19-20,22-24H2,1H3,(H,39,41). The lowest BCUT2D eigenvalue weighted by Gasteiger charge is -2.29. The maximum atomic E-state index is 13.6. The molecule has 0 atom stereocenters. The zero-order chi connectivity index (χ0) is 32.5. The molecule has 0 aliphatic rings. The lowest BCUT2D eigenvalue weighted by atomic mass is 9.90. The molecule has 6 nitrogen and oxygen atoms in total. The first-order valence-corrected chi connectivity index (χ1v) is 16.5. The monoisotopic (exact) mass is 658 g/mol. The molecule has 0 bridgehead atoms. The van der Waals surface area contributed by atoms with E-state index in [2.05, 4.69) is 4.90 Å². The number of nitrogens with zero attached hydrogens (tertiary/aromatic N) is 1. The number of nitrogens with one attached hydrogen (secondary N) is 1. The molecule has 0 heterocycles. The van der Waals surface area contributed by atoms with Gasteiger partial charge in [-0.15, -0.1) is 0 Å². The number of rotatable bonds is 14. The van der Waals surface area contributed by atoms with E-state index in [4.69, 9.17) is 16.3 Å². The normalized spacial score (nSPS) is 12.0. The average molecular weight is 659 g/mol. The molecular weight excluding hydrogens is 625 g/mol. The molecular formula is C34H34ClF3N2O4S. The molecule has 0 saturated carbocycles. The first kappa shape index (κ1) is 34.0. The van der Waals surface area contributed by atoms with Gasteiger partial charge >= 0.3 is 6.18 Å². The topological polar surface area (TPSA) is 75.7 Å². The molecule has 0 aliphatic carbocycles. The van der Waals surface area contributed by atoms with Gasteiger partial charge in [0.05, 0.1) is 29.9 Å². The molecule has 4 aromatic rings. The maximum Gasteiger partial charge on any atom is 0.417 e. The Morgan fingerprint density at radius 2 is 1.53 bits per heavy atom. The second-order valence-corrected chi connectivity index (χ2v) is 12.8. The summed E-state index contributed by atoms with van der Waals surface area (Å²) in [7, 11) is -3.66. The number of halogens is 4. The van der Waals surface area contributed by atoms with E-state index in [1.165, 1.54) is 6.07 Å². The molecule has 0 aromatic heterocycles. The van der Waals surface area contributed by atoms with Crippen LogP contribution < -0.4 is 9.46 Å². The van der Waals surface area contributed by atoms with Crippen molar-refractivity contribution in [2.24, 2.45) is 0 Å². The van der Waals surface area contributed by atoms with Crippen LogP contribution in [0, 0.1) is 0 Å². The fourth-order valence-corrected chi connectivity index (χ4v) is 5.86. The lowest BCUT2D eigenvalue weighted by molar-refractivity contribution is -0.137. The lowest BCUT2D eigenvalue weighted by Crippen LogP contribution is -2.31. The van der Waals surface area contributed by atoms with Crippen molar-refractivity contribution >= 4 is 27.5 Å². The highest BCUT2D eigenvalue weighted by Crippen LogP contribution is 2.37. The Balaban J connectivity index is 1.50. The van der Waals surface area contributed by atoms with E-state index in [0.29, 0.717) is 43.0 Å². The Labute approximate surface area is 266 Å². The number of carbonyl (C=O) groups excluding carboxylic acids is 1. The van der Waals surface area contributed by atoms with Crippen LogP contribution in [0.25, 0.3) is 0 Å². The van der Waals surface area contributed by atoms with Gasteiger partial charge in [0.1, 0.15) is 5.75 Å². The first-order chi connectivity index (χ1) is 21.4. The van der Waals surface area contributed by atoms with Crippen LogP contribution in [0.1, 0.15) is 40.2 Å². The molecule has 0 saturated heterocycles. The van der Waals surface area contributed by atoms with E-state index in [0.717, 1.165) is 23.4 Å². The van der Waals surface area contributed by atoms with Crippen LogP contribution in [-0.4, -0.2) is 45.2 Å². The predicted octanol–water partition coefficient (Wildman–Crippen LogP) is 7.08. The second-order valence-electron chi connectivity index (χ2n) is 10.7. The zero-order valence-electron chi connectivity index (χ0n) is 24.6. The molecule has 0 radical (unpaired) electrons. The van der Waals surface area contributed by atoms with E-state index in [1.54, 1.807) is 30.3 Å². The zero-order valence-corrected chi connectivity index (χ0v) is 26.2. The molecule has 4 aromatic carbocycles. The Kier molecular flexibility index (Phi) is 11.7. The summed E-state index contributed by atoms with van der Waals surface area (Å²) >= 11 is 6.30. The molecule has 0 aliphatic heterocycles. The summed E-state index contributed by atoms with van der Waals surface area (Å²) in [6.45, 7) is 1.52. The minimum absolute atomic E-state index is 0.0485. The third-order valence-electron chi connectivity index (χ3n) is 7.07. The SMILES string of the molecule is CS(=O)(=O)NC(=O)Cc1cccc(OCCCN(Cc2cccc(C(F)(F)F)c2Cl)CC(c2ccccc2)c2ccccc2)c1. The number of hydrogen-bond acceptors (Lipinski definition) is 5. The fraction of sp³-hybridized carbons (Fsp3) is 0.265. The highest BCUT2D eigenvalue weighted by atomic mass is 35.5. The van der Waals surface area contributed by atoms with Crippen molar-refractivity contribution in [3.8, 4) is 5.75 Å². The Morgan fingerprint density at radius 1 is 0.911 bits per heavy atom. The van der Waals surface area contributed by atoms with Crippen molar-refractivity contribution < 1.29 is 31.1 Å². The minimum atomic E-state index is -4.57. The summed E-state index contributed by atoms with van der Waals surface area (Å²) in [6, 6.07) is 30.7. The van der Waals surface area contributed by atoms with Crippen molar-refractivity contribution in [1.29, 1.82) is 0 Å². The van der Waals surface area contributed by atoms with Gasteiger partial charge in [0.15, 0.2) is 0 Å². The van der Waals surface area contributed by atoms with Gasteiger partial charge in [-0.1, -0.05) is 96.5 Å².